The number of benzene rings is 1. The predicted molar refractivity (Wildman–Crippen MR) is 82.0 cm³/mol. The normalized spacial score (nSPS) is 18.4. The van der Waals surface area contributed by atoms with E-state index < -0.39 is 6.09 Å². The maximum atomic E-state index is 10.9. The first-order chi connectivity index (χ1) is 9.41. The van der Waals surface area contributed by atoms with E-state index in [1.54, 1.807) is 0 Å². The summed E-state index contributed by atoms with van der Waals surface area (Å²) in [7, 11) is 0. The number of amides is 1. The summed E-state index contributed by atoms with van der Waals surface area (Å²) in [6.45, 7) is 10.4. The van der Waals surface area contributed by atoms with Crippen LogP contribution < -0.4 is 5.32 Å². The molecule has 4 nitrogen and oxygen atoms in total. The molecular formula is C16H26N2O2. The molecule has 1 aliphatic heterocycles. The zero-order chi connectivity index (χ0) is 15.1. The van der Waals surface area contributed by atoms with Crippen molar-refractivity contribution in [3.8, 4) is 0 Å². The molecule has 2 N–H and O–H groups in total. The SMILES string of the molecule is CC(C)C.Cc1ccccc1[C@@H]1CN(C(=O)O)CCN1. The van der Waals surface area contributed by atoms with Gasteiger partial charge in [-0.25, -0.2) is 4.79 Å². The molecule has 0 saturated carbocycles. The lowest BCUT2D eigenvalue weighted by atomic mass is 10.00. The first-order valence-corrected chi connectivity index (χ1v) is 7.18. The van der Waals surface area contributed by atoms with Gasteiger partial charge in [0.1, 0.15) is 0 Å². The van der Waals surface area contributed by atoms with Crippen molar-refractivity contribution in [3.05, 3.63) is 35.4 Å². The minimum atomic E-state index is -0.833. The van der Waals surface area contributed by atoms with Crippen LogP contribution in [0.25, 0.3) is 0 Å². The average Bonchev–Trinajstić information content (AvgIpc) is 2.39. The Hall–Kier alpha value is -1.55. The second-order valence-electron chi connectivity index (χ2n) is 5.82. The van der Waals surface area contributed by atoms with E-state index in [9.17, 15) is 4.79 Å². The second-order valence-corrected chi connectivity index (χ2v) is 5.82. The molecule has 0 bridgehead atoms. The second kappa shape index (κ2) is 7.90. The molecule has 4 heteroatoms. The molecule has 1 fully saturated rings. The minimum absolute atomic E-state index is 0.117. The van der Waals surface area contributed by atoms with Crippen molar-refractivity contribution in [1.29, 1.82) is 0 Å². The van der Waals surface area contributed by atoms with E-state index in [-0.39, 0.29) is 6.04 Å². The highest BCUT2D eigenvalue weighted by Crippen LogP contribution is 2.20. The highest BCUT2D eigenvalue weighted by atomic mass is 16.4. The zero-order valence-electron chi connectivity index (χ0n) is 12.9. The van der Waals surface area contributed by atoms with Gasteiger partial charge in [0.2, 0.25) is 0 Å². The van der Waals surface area contributed by atoms with Crippen molar-refractivity contribution in [2.24, 2.45) is 5.92 Å². The van der Waals surface area contributed by atoms with E-state index in [4.69, 9.17) is 5.11 Å². The molecule has 0 radical (unpaired) electrons. The number of carboxylic acid groups (broad SMARTS) is 1. The number of rotatable bonds is 1. The van der Waals surface area contributed by atoms with Crippen molar-refractivity contribution < 1.29 is 9.90 Å². The molecular weight excluding hydrogens is 252 g/mol. The Labute approximate surface area is 121 Å². The van der Waals surface area contributed by atoms with E-state index in [1.165, 1.54) is 16.0 Å². The number of piperazine rings is 1. The number of aryl methyl sites for hydroxylation is 1. The quantitative estimate of drug-likeness (QED) is 0.829. The summed E-state index contributed by atoms with van der Waals surface area (Å²) < 4.78 is 0. The fraction of sp³-hybridized carbons (Fsp3) is 0.562. The van der Waals surface area contributed by atoms with Crippen LogP contribution in [0.15, 0.2) is 24.3 Å². The Morgan fingerprint density at radius 3 is 2.50 bits per heavy atom. The van der Waals surface area contributed by atoms with Crippen LogP contribution in [-0.4, -0.2) is 35.7 Å². The molecule has 112 valence electrons. The minimum Gasteiger partial charge on any atom is -0.465 e. The van der Waals surface area contributed by atoms with Gasteiger partial charge < -0.3 is 15.3 Å². The standard InChI is InChI=1S/C12H16N2O2.C4H10/c1-9-4-2-3-5-10(9)11-8-14(12(15)16)7-6-13-11;1-4(2)3/h2-5,11,13H,6-8H2,1H3,(H,15,16);4H,1-3H3/t11-;/m0./s1. The van der Waals surface area contributed by atoms with Crippen LogP contribution in [0.3, 0.4) is 0 Å². The Balaban J connectivity index is 0.000000444. The van der Waals surface area contributed by atoms with Gasteiger partial charge in [-0.3, -0.25) is 0 Å². The molecule has 0 aliphatic carbocycles. The Bertz CT molecular complexity index is 429. The van der Waals surface area contributed by atoms with E-state index in [0.717, 1.165) is 5.92 Å². The van der Waals surface area contributed by atoms with Crippen LogP contribution >= 0.6 is 0 Å². The third-order valence-electron chi connectivity index (χ3n) is 3.01. The molecule has 1 atom stereocenters. The lowest BCUT2D eigenvalue weighted by molar-refractivity contribution is 0.129. The molecule has 2 rings (SSSR count). The highest BCUT2D eigenvalue weighted by molar-refractivity contribution is 5.65. The number of nitrogens with zero attached hydrogens (tertiary/aromatic N) is 1. The molecule has 1 saturated heterocycles. The first-order valence-electron chi connectivity index (χ1n) is 7.18. The highest BCUT2D eigenvalue weighted by Gasteiger charge is 2.24. The van der Waals surface area contributed by atoms with Crippen molar-refractivity contribution >= 4 is 6.09 Å². The summed E-state index contributed by atoms with van der Waals surface area (Å²) in [6.07, 6.45) is -0.833. The molecule has 1 aliphatic rings. The molecule has 1 heterocycles. The monoisotopic (exact) mass is 278 g/mol. The Morgan fingerprint density at radius 2 is 1.95 bits per heavy atom. The average molecular weight is 278 g/mol. The van der Waals surface area contributed by atoms with E-state index in [1.807, 2.05) is 12.1 Å². The number of hydrogen-bond acceptors (Lipinski definition) is 2. The molecule has 1 aromatic rings. The summed E-state index contributed by atoms with van der Waals surface area (Å²) in [5.74, 6) is 0.833. The lowest BCUT2D eigenvalue weighted by Crippen LogP contribution is -2.47. The number of carbonyl (C=O) groups is 1. The van der Waals surface area contributed by atoms with Crippen molar-refractivity contribution in [3.63, 3.8) is 0 Å². The Kier molecular flexibility index (Phi) is 6.52. The number of hydrogen-bond donors (Lipinski definition) is 2. The molecule has 1 aromatic carbocycles. The van der Waals surface area contributed by atoms with Gasteiger partial charge in [-0.2, -0.15) is 0 Å². The maximum absolute atomic E-state index is 10.9. The summed E-state index contributed by atoms with van der Waals surface area (Å²) >= 11 is 0. The van der Waals surface area contributed by atoms with E-state index >= 15 is 0 Å². The summed E-state index contributed by atoms with van der Waals surface area (Å²) in [4.78, 5) is 12.4. The molecule has 20 heavy (non-hydrogen) atoms. The fourth-order valence-corrected chi connectivity index (χ4v) is 2.11. The van der Waals surface area contributed by atoms with Crippen LogP contribution in [0.2, 0.25) is 0 Å². The van der Waals surface area contributed by atoms with E-state index in [0.29, 0.717) is 19.6 Å². The van der Waals surface area contributed by atoms with Gasteiger partial charge in [0.25, 0.3) is 0 Å². The van der Waals surface area contributed by atoms with Crippen LogP contribution in [0.4, 0.5) is 4.79 Å². The van der Waals surface area contributed by atoms with Crippen LogP contribution in [0.5, 0.6) is 0 Å². The predicted octanol–water partition coefficient (Wildman–Crippen LogP) is 3.28. The van der Waals surface area contributed by atoms with Gasteiger partial charge in [-0.1, -0.05) is 45.0 Å². The van der Waals surface area contributed by atoms with Gasteiger partial charge in [-0.15, -0.1) is 0 Å². The molecule has 0 unspecified atom stereocenters. The first kappa shape index (κ1) is 16.5. The zero-order valence-corrected chi connectivity index (χ0v) is 12.9. The van der Waals surface area contributed by atoms with Gasteiger partial charge in [0.15, 0.2) is 0 Å². The summed E-state index contributed by atoms with van der Waals surface area (Å²) in [6, 6.07) is 8.21. The lowest BCUT2D eigenvalue weighted by Gasteiger charge is -2.32. The third-order valence-corrected chi connectivity index (χ3v) is 3.01. The largest absolute Gasteiger partial charge is 0.465 e. The molecule has 0 spiro atoms. The third kappa shape index (κ3) is 5.21. The van der Waals surface area contributed by atoms with Gasteiger partial charge >= 0.3 is 6.09 Å². The van der Waals surface area contributed by atoms with Crippen LogP contribution in [0, 0.1) is 12.8 Å². The van der Waals surface area contributed by atoms with Crippen LogP contribution in [0.1, 0.15) is 37.9 Å². The van der Waals surface area contributed by atoms with Crippen molar-refractivity contribution in [2.45, 2.75) is 33.7 Å². The molecule has 0 aromatic heterocycles. The fourth-order valence-electron chi connectivity index (χ4n) is 2.11. The van der Waals surface area contributed by atoms with Crippen molar-refractivity contribution in [1.82, 2.24) is 10.2 Å². The topological polar surface area (TPSA) is 52.6 Å². The van der Waals surface area contributed by atoms with Gasteiger partial charge in [0, 0.05) is 19.6 Å². The summed E-state index contributed by atoms with van der Waals surface area (Å²) in [5, 5.41) is 12.3. The number of nitrogens with one attached hydrogen (secondary N) is 1. The summed E-state index contributed by atoms with van der Waals surface area (Å²) in [5.41, 5.74) is 2.39. The molecule has 1 amide bonds. The Morgan fingerprint density at radius 1 is 1.35 bits per heavy atom. The van der Waals surface area contributed by atoms with Gasteiger partial charge in [0.05, 0.1) is 6.04 Å². The van der Waals surface area contributed by atoms with Crippen molar-refractivity contribution in [2.75, 3.05) is 19.6 Å². The maximum Gasteiger partial charge on any atom is 0.407 e. The smallest absolute Gasteiger partial charge is 0.407 e. The van der Waals surface area contributed by atoms with Gasteiger partial charge in [-0.05, 0) is 24.0 Å². The van der Waals surface area contributed by atoms with Crippen LogP contribution in [-0.2, 0) is 0 Å². The van der Waals surface area contributed by atoms with E-state index in [2.05, 4.69) is 45.1 Å².